The highest BCUT2D eigenvalue weighted by atomic mass is 16.6. The van der Waals surface area contributed by atoms with E-state index in [1.165, 1.54) is 18.2 Å². The molecule has 0 fully saturated rings. The monoisotopic (exact) mass is 414 g/mol. The number of benzene rings is 2. The van der Waals surface area contributed by atoms with Gasteiger partial charge in [0.2, 0.25) is 5.88 Å². The average molecular weight is 414 g/mol. The minimum Gasteiger partial charge on any atom is -0.439 e. The lowest BCUT2D eigenvalue weighted by atomic mass is 10.1. The number of hydrogen-bond donors (Lipinski definition) is 1. The third-order valence-electron chi connectivity index (χ3n) is 4.36. The van der Waals surface area contributed by atoms with E-state index in [2.05, 4.69) is 10.3 Å². The number of aryl methyl sites for hydroxylation is 1. The minimum atomic E-state index is -0.540. The fourth-order valence-corrected chi connectivity index (χ4v) is 2.75. The van der Waals surface area contributed by atoms with E-state index in [0.29, 0.717) is 17.0 Å². The van der Waals surface area contributed by atoms with E-state index in [0.717, 1.165) is 18.2 Å². The number of para-hydroxylation sites is 1. The Morgan fingerprint density at radius 3 is 2.55 bits per heavy atom. The first-order valence-electron chi connectivity index (χ1n) is 9.39. The van der Waals surface area contributed by atoms with Gasteiger partial charge in [-0.3, -0.25) is 14.9 Å². The van der Waals surface area contributed by atoms with Crippen LogP contribution >= 0.6 is 0 Å². The van der Waals surface area contributed by atoms with E-state index in [1.54, 1.807) is 30.3 Å². The third-order valence-corrected chi connectivity index (χ3v) is 4.36. The predicted octanol–water partition coefficient (Wildman–Crippen LogP) is 4.89. The molecule has 8 heteroatoms. The summed E-state index contributed by atoms with van der Waals surface area (Å²) in [4.78, 5) is 26.5. The smallest absolute Gasteiger partial charge is 0.287 e. The first kappa shape index (κ1) is 21.2. The molecule has 8 nitrogen and oxygen atoms in total. The van der Waals surface area contributed by atoms with Crippen LogP contribution in [0.15, 0.2) is 72.4 Å². The van der Waals surface area contributed by atoms with Gasteiger partial charge < -0.3 is 10.1 Å². The van der Waals surface area contributed by atoms with Crippen LogP contribution in [0.4, 0.5) is 11.4 Å². The van der Waals surface area contributed by atoms with Gasteiger partial charge in [-0.2, -0.15) is 5.26 Å². The zero-order chi connectivity index (χ0) is 22.2. The van der Waals surface area contributed by atoms with Crippen LogP contribution in [0, 0.1) is 21.4 Å². The van der Waals surface area contributed by atoms with Crippen LogP contribution in [0.1, 0.15) is 18.1 Å². The van der Waals surface area contributed by atoms with Crippen molar-refractivity contribution in [3.8, 4) is 17.7 Å². The fourth-order valence-electron chi connectivity index (χ4n) is 2.75. The van der Waals surface area contributed by atoms with E-state index in [9.17, 15) is 20.2 Å². The molecule has 0 bridgehead atoms. The standard InChI is InChI=1S/C23H18N4O4/c1-2-17-5-3-4-6-21(17)26-23(28)18(14-24)13-16-7-10-20(11-8-16)31-22-12-9-19(15-25-22)27(29)30/h3-13,15H,2H2,1H3,(H,26,28)/b18-13-. The molecule has 3 aromatic rings. The van der Waals surface area contributed by atoms with Crippen molar-refractivity contribution < 1.29 is 14.5 Å². The number of aromatic nitrogens is 1. The van der Waals surface area contributed by atoms with Crippen LogP contribution in [0.3, 0.4) is 0 Å². The highest BCUT2D eigenvalue weighted by molar-refractivity contribution is 6.09. The molecule has 0 saturated carbocycles. The predicted molar refractivity (Wildman–Crippen MR) is 115 cm³/mol. The SMILES string of the molecule is CCc1ccccc1NC(=O)/C(C#N)=C\c1ccc(Oc2ccc([N+](=O)[O-])cn2)cc1. The zero-order valence-corrected chi connectivity index (χ0v) is 16.6. The van der Waals surface area contributed by atoms with Crippen molar-refractivity contribution >= 4 is 23.4 Å². The lowest BCUT2D eigenvalue weighted by Crippen LogP contribution is -2.14. The van der Waals surface area contributed by atoms with Gasteiger partial charge in [-0.15, -0.1) is 0 Å². The van der Waals surface area contributed by atoms with E-state index in [4.69, 9.17) is 4.74 Å². The highest BCUT2D eigenvalue weighted by Crippen LogP contribution is 2.23. The quantitative estimate of drug-likeness (QED) is 0.254. The van der Waals surface area contributed by atoms with Crippen LogP contribution in [0.2, 0.25) is 0 Å². The summed E-state index contributed by atoms with van der Waals surface area (Å²) in [5.41, 5.74) is 2.14. The van der Waals surface area contributed by atoms with Gasteiger partial charge >= 0.3 is 0 Å². The summed E-state index contributed by atoms with van der Waals surface area (Å²) in [6.07, 6.45) is 3.35. The molecule has 0 aliphatic heterocycles. The number of ether oxygens (including phenoxy) is 1. The molecule has 1 heterocycles. The topological polar surface area (TPSA) is 118 Å². The number of carbonyl (C=O) groups excluding carboxylic acids is 1. The number of hydrogen-bond acceptors (Lipinski definition) is 6. The number of nitrogens with zero attached hydrogens (tertiary/aromatic N) is 3. The van der Waals surface area contributed by atoms with Gasteiger partial charge in [0, 0.05) is 17.8 Å². The maximum absolute atomic E-state index is 12.5. The Labute approximate surface area is 178 Å². The highest BCUT2D eigenvalue weighted by Gasteiger charge is 2.11. The van der Waals surface area contributed by atoms with Crippen molar-refractivity contribution in [1.29, 1.82) is 5.26 Å². The summed E-state index contributed by atoms with van der Waals surface area (Å²) >= 11 is 0. The minimum absolute atomic E-state index is 0.0309. The summed E-state index contributed by atoms with van der Waals surface area (Å²) in [7, 11) is 0. The normalized spacial score (nSPS) is 10.8. The van der Waals surface area contributed by atoms with E-state index >= 15 is 0 Å². The van der Waals surface area contributed by atoms with E-state index in [-0.39, 0.29) is 17.1 Å². The van der Waals surface area contributed by atoms with Crippen molar-refractivity contribution in [2.45, 2.75) is 13.3 Å². The van der Waals surface area contributed by atoms with Crippen LogP contribution in [-0.2, 0) is 11.2 Å². The summed E-state index contributed by atoms with van der Waals surface area (Å²) in [5, 5.41) is 22.9. The first-order valence-corrected chi connectivity index (χ1v) is 9.39. The van der Waals surface area contributed by atoms with Gasteiger partial charge in [-0.05, 0) is 41.8 Å². The number of pyridine rings is 1. The summed E-state index contributed by atoms with van der Waals surface area (Å²) in [6.45, 7) is 1.99. The fraction of sp³-hybridized carbons (Fsp3) is 0.0870. The molecule has 31 heavy (non-hydrogen) atoms. The second-order valence-corrected chi connectivity index (χ2v) is 6.42. The number of carbonyl (C=O) groups is 1. The molecule has 1 amide bonds. The largest absolute Gasteiger partial charge is 0.439 e. The second kappa shape index (κ2) is 9.80. The second-order valence-electron chi connectivity index (χ2n) is 6.42. The number of nitriles is 1. The maximum Gasteiger partial charge on any atom is 0.287 e. The van der Waals surface area contributed by atoms with Gasteiger partial charge in [0.15, 0.2) is 0 Å². The number of rotatable bonds is 7. The van der Waals surface area contributed by atoms with Crippen molar-refractivity contribution in [2.75, 3.05) is 5.32 Å². The van der Waals surface area contributed by atoms with Gasteiger partial charge in [0.05, 0.1) is 4.92 Å². The van der Waals surface area contributed by atoms with Crippen molar-refractivity contribution in [2.24, 2.45) is 0 Å². The zero-order valence-electron chi connectivity index (χ0n) is 16.6. The number of nitrogens with one attached hydrogen (secondary N) is 1. The summed E-state index contributed by atoms with van der Waals surface area (Å²) < 4.78 is 5.55. The number of amides is 1. The van der Waals surface area contributed by atoms with Gasteiger partial charge in [-0.25, -0.2) is 4.98 Å². The van der Waals surface area contributed by atoms with Gasteiger partial charge in [-0.1, -0.05) is 37.3 Å². The van der Waals surface area contributed by atoms with Crippen molar-refractivity contribution in [1.82, 2.24) is 4.98 Å². The number of nitro groups is 1. The molecule has 3 rings (SSSR count). The molecule has 2 aromatic carbocycles. The van der Waals surface area contributed by atoms with E-state index in [1.807, 2.05) is 31.2 Å². The maximum atomic E-state index is 12.5. The van der Waals surface area contributed by atoms with E-state index < -0.39 is 10.8 Å². The molecule has 0 radical (unpaired) electrons. The molecule has 1 N–H and O–H groups in total. The Kier molecular flexibility index (Phi) is 6.71. The molecule has 0 atom stereocenters. The molecule has 0 saturated heterocycles. The van der Waals surface area contributed by atoms with Crippen LogP contribution in [0.5, 0.6) is 11.6 Å². The van der Waals surface area contributed by atoms with Gasteiger partial charge in [0.25, 0.3) is 11.6 Å². The number of anilines is 1. The Bertz CT molecular complexity index is 1160. The first-order chi connectivity index (χ1) is 15.0. The Morgan fingerprint density at radius 2 is 1.94 bits per heavy atom. The molecule has 154 valence electrons. The van der Waals surface area contributed by atoms with Crippen LogP contribution in [0.25, 0.3) is 6.08 Å². The third kappa shape index (κ3) is 5.52. The van der Waals surface area contributed by atoms with Gasteiger partial charge in [0.1, 0.15) is 23.6 Å². The Hall–Kier alpha value is -4.51. The van der Waals surface area contributed by atoms with Crippen molar-refractivity contribution in [3.05, 3.63) is 93.7 Å². The lowest BCUT2D eigenvalue weighted by Gasteiger charge is -2.09. The molecule has 0 unspecified atom stereocenters. The van der Waals surface area contributed by atoms with Crippen LogP contribution in [-0.4, -0.2) is 15.8 Å². The van der Waals surface area contributed by atoms with Crippen LogP contribution < -0.4 is 10.1 Å². The molecule has 0 aliphatic rings. The lowest BCUT2D eigenvalue weighted by molar-refractivity contribution is -0.385. The summed E-state index contributed by atoms with van der Waals surface area (Å²) in [6, 6.07) is 18.7. The Morgan fingerprint density at radius 1 is 1.19 bits per heavy atom. The molecule has 1 aromatic heterocycles. The molecular weight excluding hydrogens is 396 g/mol. The molecule has 0 aliphatic carbocycles. The summed E-state index contributed by atoms with van der Waals surface area (Å²) in [5.74, 6) is 0.178. The average Bonchev–Trinajstić information content (AvgIpc) is 2.79. The van der Waals surface area contributed by atoms with Crippen molar-refractivity contribution in [3.63, 3.8) is 0 Å². The molecule has 0 spiro atoms. The Balaban J connectivity index is 1.70. The molecular formula is C23H18N4O4.